The van der Waals surface area contributed by atoms with Crippen LogP contribution in [0.15, 0.2) is 18.2 Å². The Balaban J connectivity index is 1.91. The first-order valence-electron chi connectivity index (χ1n) is 7.00. The predicted molar refractivity (Wildman–Crippen MR) is 86.7 cm³/mol. The molecule has 0 bridgehead atoms. The summed E-state index contributed by atoms with van der Waals surface area (Å²) < 4.78 is 0. The summed E-state index contributed by atoms with van der Waals surface area (Å²) in [6.07, 6.45) is 3.68. The predicted octanol–water partition coefficient (Wildman–Crippen LogP) is 4.17. The van der Waals surface area contributed by atoms with Gasteiger partial charge in [-0.2, -0.15) is 0 Å². The number of aryl methyl sites for hydroxylation is 2. The number of anilines is 1. The molecule has 0 saturated heterocycles. The van der Waals surface area contributed by atoms with E-state index in [9.17, 15) is 0 Å². The molecule has 0 spiro atoms. The van der Waals surface area contributed by atoms with Gasteiger partial charge in [0.05, 0.1) is 0 Å². The Morgan fingerprint density at radius 2 is 1.84 bits per heavy atom. The third kappa shape index (κ3) is 4.20. The van der Waals surface area contributed by atoms with E-state index >= 15 is 0 Å². The minimum Gasteiger partial charge on any atom is -0.360 e. The first-order valence-corrected chi connectivity index (χ1v) is 7.41. The van der Waals surface area contributed by atoms with Gasteiger partial charge < -0.3 is 10.6 Å². The Morgan fingerprint density at radius 1 is 1.21 bits per heavy atom. The van der Waals surface area contributed by atoms with Crippen LogP contribution in [0.3, 0.4) is 0 Å². The van der Waals surface area contributed by atoms with Gasteiger partial charge in [0.1, 0.15) is 0 Å². The van der Waals surface area contributed by atoms with Crippen LogP contribution in [0, 0.1) is 19.3 Å². The number of thiocarbonyl (C=S) groups is 1. The van der Waals surface area contributed by atoms with E-state index in [2.05, 4.69) is 56.5 Å². The van der Waals surface area contributed by atoms with Crippen LogP contribution in [0.1, 0.15) is 44.2 Å². The highest BCUT2D eigenvalue weighted by atomic mass is 32.1. The summed E-state index contributed by atoms with van der Waals surface area (Å²) in [7, 11) is 0. The smallest absolute Gasteiger partial charge is 0.170 e. The molecule has 1 aromatic carbocycles. The van der Waals surface area contributed by atoms with Crippen LogP contribution in [0.5, 0.6) is 0 Å². The normalized spacial score (nSPS) is 21.2. The van der Waals surface area contributed by atoms with E-state index in [1.165, 1.54) is 30.4 Å². The van der Waals surface area contributed by atoms with Crippen molar-refractivity contribution in [2.24, 2.45) is 5.41 Å². The van der Waals surface area contributed by atoms with Crippen LogP contribution in [0.4, 0.5) is 5.69 Å². The monoisotopic (exact) mass is 276 g/mol. The van der Waals surface area contributed by atoms with E-state index in [4.69, 9.17) is 12.2 Å². The quantitative estimate of drug-likeness (QED) is 0.793. The Labute approximate surface area is 122 Å². The summed E-state index contributed by atoms with van der Waals surface area (Å²) in [5.41, 5.74) is 4.04. The van der Waals surface area contributed by atoms with E-state index in [0.717, 1.165) is 10.8 Å². The fourth-order valence-electron chi connectivity index (χ4n) is 2.96. The maximum Gasteiger partial charge on any atom is 0.170 e. The van der Waals surface area contributed by atoms with Gasteiger partial charge in [-0.25, -0.2) is 0 Å². The van der Waals surface area contributed by atoms with Gasteiger partial charge in [0.2, 0.25) is 0 Å². The van der Waals surface area contributed by atoms with Crippen molar-refractivity contribution in [1.29, 1.82) is 0 Å². The Morgan fingerprint density at radius 3 is 2.37 bits per heavy atom. The summed E-state index contributed by atoms with van der Waals surface area (Å²) in [5, 5.41) is 7.48. The van der Waals surface area contributed by atoms with E-state index in [1.807, 2.05) is 0 Å². The summed E-state index contributed by atoms with van der Waals surface area (Å²) in [4.78, 5) is 0. The molecule has 2 N–H and O–H groups in total. The van der Waals surface area contributed by atoms with Crippen LogP contribution < -0.4 is 10.6 Å². The van der Waals surface area contributed by atoms with Crippen LogP contribution in [-0.2, 0) is 0 Å². The molecule has 0 amide bonds. The van der Waals surface area contributed by atoms with Crippen molar-refractivity contribution in [2.45, 2.75) is 53.0 Å². The van der Waals surface area contributed by atoms with Crippen molar-refractivity contribution in [3.63, 3.8) is 0 Å². The third-order valence-corrected chi connectivity index (χ3v) is 4.00. The molecule has 0 aromatic heterocycles. The van der Waals surface area contributed by atoms with E-state index in [-0.39, 0.29) is 0 Å². The molecule has 0 heterocycles. The SMILES string of the molecule is Cc1cc(C)cc(NC(=S)NC2CCC(C)(C)C2)c1. The number of benzene rings is 1. The fourth-order valence-corrected chi connectivity index (χ4v) is 3.24. The fraction of sp³-hybridized carbons (Fsp3) is 0.562. The van der Waals surface area contributed by atoms with Crippen molar-refractivity contribution in [2.75, 3.05) is 5.32 Å². The average molecular weight is 276 g/mol. The van der Waals surface area contributed by atoms with Crippen LogP contribution in [0.2, 0.25) is 0 Å². The number of nitrogens with one attached hydrogen (secondary N) is 2. The standard InChI is InChI=1S/C16H24N2S/c1-11-7-12(2)9-14(8-11)18-15(19)17-13-5-6-16(3,4)10-13/h7-9,13H,5-6,10H2,1-4H3,(H2,17,18,19). The van der Waals surface area contributed by atoms with Gasteiger partial charge in [-0.3, -0.25) is 0 Å². The van der Waals surface area contributed by atoms with Crippen molar-refractivity contribution >= 4 is 23.0 Å². The molecule has 1 atom stereocenters. The minimum absolute atomic E-state index is 0.452. The maximum atomic E-state index is 5.41. The van der Waals surface area contributed by atoms with Crippen molar-refractivity contribution in [3.8, 4) is 0 Å². The zero-order valence-electron chi connectivity index (χ0n) is 12.3. The topological polar surface area (TPSA) is 24.1 Å². The molecule has 1 aliphatic carbocycles. The lowest BCUT2D eigenvalue weighted by atomic mass is 9.92. The Bertz CT molecular complexity index is 459. The molecule has 1 saturated carbocycles. The molecular weight excluding hydrogens is 252 g/mol. The second kappa shape index (κ2) is 5.49. The van der Waals surface area contributed by atoms with Gasteiger partial charge in [0, 0.05) is 11.7 Å². The summed E-state index contributed by atoms with van der Waals surface area (Å²) in [6, 6.07) is 6.93. The first kappa shape index (κ1) is 14.3. The molecule has 1 aliphatic rings. The molecule has 1 unspecified atom stereocenters. The van der Waals surface area contributed by atoms with E-state index < -0.39 is 0 Å². The van der Waals surface area contributed by atoms with Gasteiger partial charge in [-0.1, -0.05) is 19.9 Å². The van der Waals surface area contributed by atoms with E-state index in [0.29, 0.717) is 11.5 Å². The second-order valence-corrected chi connectivity index (χ2v) is 6.99. The summed E-state index contributed by atoms with van der Waals surface area (Å²) in [5.74, 6) is 0. The van der Waals surface area contributed by atoms with Crippen molar-refractivity contribution in [1.82, 2.24) is 5.32 Å². The maximum absolute atomic E-state index is 5.41. The Kier molecular flexibility index (Phi) is 4.14. The number of hydrogen-bond donors (Lipinski definition) is 2. The molecule has 104 valence electrons. The van der Waals surface area contributed by atoms with Crippen molar-refractivity contribution in [3.05, 3.63) is 29.3 Å². The van der Waals surface area contributed by atoms with Crippen LogP contribution in [0.25, 0.3) is 0 Å². The molecule has 3 heteroatoms. The number of hydrogen-bond acceptors (Lipinski definition) is 1. The summed E-state index contributed by atoms with van der Waals surface area (Å²) in [6.45, 7) is 8.87. The highest BCUT2D eigenvalue weighted by Crippen LogP contribution is 2.36. The van der Waals surface area contributed by atoms with Crippen LogP contribution >= 0.6 is 12.2 Å². The molecular formula is C16H24N2S. The van der Waals surface area contributed by atoms with Crippen LogP contribution in [-0.4, -0.2) is 11.2 Å². The molecule has 1 fully saturated rings. The summed E-state index contributed by atoms with van der Waals surface area (Å²) >= 11 is 5.41. The molecule has 2 rings (SSSR count). The minimum atomic E-state index is 0.452. The largest absolute Gasteiger partial charge is 0.360 e. The zero-order chi connectivity index (χ0) is 14.0. The molecule has 0 aliphatic heterocycles. The lowest BCUT2D eigenvalue weighted by Crippen LogP contribution is -2.36. The third-order valence-electron chi connectivity index (χ3n) is 3.78. The van der Waals surface area contributed by atoms with Gasteiger partial charge >= 0.3 is 0 Å². The first-order chi connectivity index (χ1) is 8.84. The van der Waals surface area contributed by atoms with Crippen molar-refractivity contribution < 1.29 is 0 Å². The van der Waals surface area contributed by atoms with Gasteiger partial charge in [-0.15, -0.1) is 0 Å². The second-order valence-electron chi connectivity index (χ2n) is 6.58. The van der Waals surface area contributed by atoms with E-state index in [1.54, 1.807) is 0 Å². The lowest BCUT2D eigenvalue weighted by molar-refractivity contribution is 0.372. The zero-order valence-corrected chi connectivity index (χ0v) is 13.2. The molecule has 1 aromatic rings. The van der Waals surface area contributed by atoms with Gasteiger partial charge in [0.15, 0.2) is 5.11 Å². The van der Waals surface area contributed by atoms with Gasteiger partial charge in [-0.05, 0) is 74.0 Å². The average Bonchev–Trinajstić information content (AvgIpc) is 2.55. The molecule has 2 nitrogen and oxygen atoms in total. The molecule has 0 radical (unpaired) electrons. The highest BCUT2D eigenvalue weighted by molar-refractivity contribution is 7.80. The lowest BCUT2D eigenvalue weighted by Gasteiger charge is -2.19. The van der Waals surface area contributed by atoms with Gasteiger partial charge in [0.25, 0.3) is 0 Å². The Hall–Kier alpha value is -1.09. The molecule has 19 heavy (non-hydrogen) atoms. The number of rotatable bonds is 2. The highest BCUT2D eigenvalue weighted by Gasteiger charge is 2.31.